The Hall–Kier alpha value is -2.70. The van der Waals surface area contributed by atoms with Gasteiger partial charge in [0.1, 0.15) is 6.04 Å². The van der Waals surface area contributed by atoms with Gasteiger partial charge in [-0.25, -0.2) is 0 Å². The number of nitrogens with two attached hydrogens (primary N) is 1. The second-order valence-corrected chi connectivity index (χ2v) is 5.56. The van der Waals surface area contributed by atoms with Gasteiger partial charge < -0.3 is 21.1 Å². The number of benzene rings is 2. The molecule has 2 rings (SSSR count). The molecule has 2 aromatic carbocycles. The Morgan fingerprint density at radius 1 is 1.04 bits per heavy atom. The molecule has 0 spiro atoms. The quantitative estimate of drug-likeness (QED) is 0.598. The van der Waals surface area contributed by atoms with Crippen LogP contribution in [0.3, 0.4) is 0 Å². The van der Waals surface area contributed by atoms with Crippen LogP contribution in [0.1, 0.15) is 11.6 Å². The molecule has 6 nitrogen and oxygen atoms in total. The van der Waals surface area contributed by atoms with E-state index in [1.807, 2.05) is 42.5 Å². The average molecular weight is 341 g/mol. The van der Waals surface area contributed by atoms with Gasteiger partial charge in [0.25, 0.3) is 0 Å². The normalized spacial score (nSPS) is 11.7. The average Bonchev–Trinajstić information content (AvgIpc) is 2.64. The third kappa shape index (κ3) is 5.70. The summed E-state index contributed by atoms with van der Waals surface area (Å²) in [7, 11) is 1.59. The van der Waals surface area contributed by atoms with Gasteiger partial charge in [0.05, 0.1) is 13.2 Å². The lowest BCUT2D eigenvalue weighted by Gasteiger charge is -2.16. The van der Waals surface area contributed by atoms with Gasteiger partial charge in [-0.15, -0.1) is 0 Å². The molecular formula is C19H23N3O3. The van der Waals surface area contributed by atoms with E-state index in [1.54, 1.807) is 19.2 Å². The number of rotatable bonds is 9. The second-order valence-electron chi connectivity index (χ2n) is 5.56. The minimum Gasteiger partial charge on any atom is -0.383 e. The Morgan fingerprint density at radius 3 is 2.28 bits per heavy atom. The third-order valence-electron chi connectivity index (χ3n) is 3.71. The maximum absolute atomic E-state index is 12.0. The molecule has 0 heterocycles. The van der Waals surface area contributed by atoms with Crippen molar-refractivity contribution in [3.63, 3.8) is 0 Å². The van der Waals surface area contributed by atoms with Gasteiger partial charge in [-0.3, -0.25) is 9.59 Å². The molecule has 1 atom stereocenters. The van der Waals surface area contributed by atoms with E-state index in [0.717, 1.165) is 11.1 Å². The molecule has 0 bridgehead atoms. The van der Waals surface area contributed by atoms with Crippen molar-refractivity contribution in [1.82, 2.24) is 10.6 Å². The van der Waals surface area contributed by atoms with E-state index in [4.69, 9.17) is 10.5 Å². The first-order valence-corrected chi connectivity index (χ1v) is 8.05. The zero-order valence-electron chi connectivity index (χ0n) is 14.2. The fourth-order valence-electron chi connectivity index (χ4n) is 2.41. The number of methoxy groups -OCH3 is 1. The summed E-state index contributed by atoms with van der Waals surface area (Å²) in [4.78, 5) is 23.7. The van der Waals surface area contributed by atoms with E-state index in [-0.39, 0.29) is 12.5 Å². The highest BCUT2D eigenvalue weighted by Crippen LogP contribution is 2.21. The number of carbonyl (C=O) groups is 2. The van der Waals surface area contributed by atoms with Crippen molar-refractivity contribution in [2.24, 2.45) is 5.73 Å². The molecule has 1 unspecified atom stereocenters. The summed E-state index contributed by atoms with van der Waals surface area (Å²) in [6.45, 7) is 1.15. The topological polar surface area (TPSA) is 93.4 Å². The van der Waals surface area contributed by atoms with Crippen LogP contribution in [0.2, 0.25) is 0 Å². The van der Waals surface area contributed by atoms with Crippen molar-refractivity contribution in [1.29, 1.82) is 0 Å². The molecule has 0 aliphatic heterocycles. The van der Waals surface area contributed by atoms with Crippen molar-refractivity contribution in [3.05, 3.63) is 60.2 Å². The van der Waals surface area contributed by atoms with E-state index in [2.05, 4.69) is 10.6 Å². The lowest BCUT2D eigenvalue weighted by molar-refractivity contribution is -0.127. The molecule has 6 heteroatoms. The first-order chi connectivity index (χ1) is 12.1. The first kappa shape index (κ1) is 18.6. The molecule has 132 valence electrons. The summed E-state index contributed by atoms with van der Waals surface area (Å²) in [5.41, 5.74) is 8.21. The molecule has 0 aromatic heterocycles. The molecular weight excluding hydrogens is 318 g/mol. The van der Waals surface area contributed by atoms with Crippen molar-refractivity contribution >= 4 is 11.8 Å². The molecule has 0 saturated carbocycles. The number of nitrogens with one attached hydrogen (secondary N) is 2. The SMILES string of the molecule is COCCNCC(=O)NC(C(N)=O)c1ccc(-c2ccccc2)cc1. The highest BCUT2D eigenvalue weighted by Gasteiger charge is 2.20. The predicted octanol–water partition coefficient (Wildman–Crippen LogP) is 1.23. The number of ether oxygens (including phenoxy) is 1. The van der Waals surface area contributed by atoms with Gasteiger partial charge in [0, 0.05) is 13.7 Å². The third-order valence-corrected chi connectivity index (χ3v) is 3.71. The van der Waals surface area contributed by atoms with Crippen molar-refractivity contribution < 1.29 is 14.3 Å². The summed E-state index contributed by atoms with van der Waals surface area (Å²) >= 11 is 0. The molecule has 0 saturated heterocycles. The number of hydrogen-bond donors (Lipinski definition) is 3. The lowest BCUT2D eigenvalue weighted by Crippen LogP contribution is -2.42. The van der Waals surface area contributed by atoms with E-state index in [1.165, 1.54) is 0 Å². The highest BCUT2D eigenvalue weighted by molar-refractivity contribution is 5.88. The summed E-state index contributed by atoms with van der Waals surface area (Å²) in [5, 5.41) is 5.58. The number of hydrogen-bond acceptors (Lipinski definition) is 4. The summed E-state index contributed by atoms with van der Waals surface area (Å²) < 4.78 is 4.89. The number of carbonyl (C=O) groups excluding carboxylic acids is 2. The van der Waals surface area contributed by atoms with E-state index in [0.29, 0.717) is 18.7 Å². The molecule has 0 aliphatic carbocycles. The molecule has 0 radical (unpaired) electrons. The monoisotopic (exact) mass is 341 g/mol. The van der Waals surface area contributed by atoms with Gasteiger partial charge in [0.15, 0.2) is 0 Å². The van der Waals surface area contributed by atoms with Crippen LogP contribution in [-0.4, -0.2) is 38.6 Å². The first-order valence-electron chi connectivity index (χ1n) is 8.05. The van der Waals surface area contributed by atoms with Crippen LogP contribution in [-0.2, 0) is 14.3 Å². The molecule has 0 aliphatic rings. The van der Waals surface area contributed by atoms with Crippen LogP contribution >= 0.6 is 0 Å². The van der Waals surface area contributed by atoms with E-state index in [9.17, 15) is 9.59 Å². The van der Waals surface area contributed by atoms with Gasteiger partial charge in [0.2, 0.25) is 11.8 Å². The molecule has 2 aromatic rings. The fraction of sp³-hybridized carbons (Fsp3) is 0.263. The fourth-order valence-corrected chi connectivity index (χ4v) is 2.41. The Bertz CT molecular complexity index is 687. The highest BCUT2D eigenvalue weighted by atomic mass is 16.5. The van der Waals surface area contributed by atoms with Crippen molar-refractivity contribution in [3.8, 4) is 11.1 Å². The maximum atomic E-state index is 12.0. The lowest BCUT2D eigenvalue weighted by atomic mass is 10.0. The van der Waals surface area contributed by atoms with Crippen LogP contribution in [0.15, 0.2) is 54.6 Å². The maximum Gasteiger partial charge on any atom is 0.244 e. The van der Waals surface area contributed by atoms with Gasteiger partial charge in [-0.1, -0.05) is 54.6 Å². The van der Waals surface area contributed by atoms with Crippen LogP contribution in [0.25, 0.3) is 11.1 Å². The Labute approximate surface area is 147 Å². The standard InChI is InChI=1S/C19H23N3O3/c1-25-12-11-21-13-17(23)22-18(19(20)24)16-9-7-15(8-10-16)14-5-3-2-4-6-14/h2-10,18,21H,11-13H2,1H3,(H2,20,24)(H,22,23). The zero-order valence-corrected chi connectivity index (χ0v) is 14.2. The zero-order chi connectivity index (χ0) is 18.1. The number of primary amides is 1. The summed E-state index contributed by atoms with van der Waals surface area (Å²) in [5.74, 6) is -0.898. The van der Waals surface area contributed by atoms with E-state index < -0.39 is 11.9 Å². The minimum absolute atomic E-state index is 0.0925. The van der Waals surface area contributed by atoms with Gasteiger partial charge >= 0.3 is 0 Å². The molecule has 0 fully saturated rings. The Morgan fingerprint density at radius 2 is 1.68 bits per heavy atom. The van der Waals surface area contributed by atoms with Gasteiger partial charge in [-0.2, -0.15) is 0 Å². The smallest absolute Gasteiger partial charge is 0.244 e. The van der Waals surface area contributed by atoms with Crippen molar-refractivity contribution in [2.45, 2.75) is 6.04 Å². The van der Waals surface area contributed by atoms with Crippen LogP contribution in [0, 0.1) is 0 Å². The molecule has 2 amide bonds. The number of amides is 2. The van der Waals surface area contributed by atoms with Crippen LogP contribution < -0.4 is 16.4 Å². The summed E-state index contributed by atoms with van der Waals surface area (Å²) in [6, 6.07) is 16.5. The Balaban J connectivity index is 2.02. The van der Waals surface area contributed by atoms with Crippen LogP contribution in [0.4, 0.5) is 0 Å². The second kappa shape index (κ2) is 9.56. The van der Waals surface area contributed by atoms with E-state index >= 15 is 0 Å². The van der Waals surface area contributed by atoms with Gasteiger partial charge in [-0.05, 0) is 16.7 Å². The largest absolute Gasteiger partial charge is 0.383 e. The van der Waals surface area contributed by atoms with Crippen molar-refractivity contribution in [2.75, 3.05) is 26.8 Å². The van der Waals surface area contributed by atoms with Crippen LogP contribution in [0.5, 0.6) is 0 Å². The minimum atomic E-state index is -0.860. The molecule has 4 N–H and O–H groups in total. The molecule has 25 heavy (non-hydrogen) atoms. The Kier molecular flexibility index (Phi) is 7.13. The summed E-state index contributed by atoms with van der Waals surface area (Å²) in [6.07, 6.45) is 0. The predicted molar refractivity (Wildman–Crippen MR) is 96.7 cm³/mol.